The van der Waals surface area contributed by atoms with Crippen molar-refractivity contribution in [3.8, 4) is 0 Å². The van der Waals surface area contributed by atoms with Crippen molar-refractivity contribution in [2.24, 2.45) is 10.7 Å². The minimum atomic E-state index is -1.42. The molecule has 1 unspecified atom stereocenters. The summed E-state index contributed by atoms with van der Waals surface area (Å²) in [6, 6.07) is 2.84. The molecule has 32 heavy (non-hydrogen) atoms. The molecule has 0 bridgehead atoms. The molecule has 6 nitrogen and oxygen atoms in total. The van der Waals surface area contributed by atoms with Gasteiger partial charge in [0.1, 0.15) is 0 Å². The zero-order valence-corrected chi connectivity index (χ0v) is 19.7. The number of methoxy groups -OCH3 is 1. The van der Waals surface area contributed by atoms with Crippen molar-refractivity contribution in [1.29, 1.82) is 0 Å². The van der Waals surface area contributed by atoms with Gasteiger partial charge in [-0.3, -0.25) is 4.99 Å². The van der Waals surface area contributed by atoms with E-state index < -0.39 is 17.5 Å². The summed E-state index contributed by atoms with van der Waals surface area (Å²) in [5, 5.41) is 2.77. The second-order valence-electron chi connectivity index (χ2n) is 6.00. The Labute approximate surface area is 190 Å². The highest BCUT2D eigenvalue weighted by Gasteiger charge is 2.36. The van der Waals surface area contributed by atoms with E-state index in [0.29, 0.717) is 25.1 Å². The molecule has 2 aromatic rings. The second kappa shape index (κ2) is 13.6. The zero-order chi connectivity index (χ0) is 24.3. The lowest BCUT2D eigenvalue weighted by Crippen LogP contribution is -2.35. The van der Waals surface area contributed by atoms with Gasteiger partial charge in [-0.1, -0.05) is 33.8 Å². The van der Waals surface area contributed by atoms with Crippen LogP contribution < -0.4 is 5.73 Å². The molecule has 2 N–H and O–H groups in total. The standard InChI is InChI=1S/C12H14N4O2S.C6H3F3.2C2H6/c1-18-12(17)8-5-15-10(11-14-2-3-19-11)16-6-7(13)4-9(8)16;7-4-2-1-3-5(8)6(4)9;2*1-2/h2-3,7H,4-6,13H2,1H3;1-3H;2*1-2H3. The number of thiazole rings is 1. The number of nitrogens with two attached hydrogens (primary N) is 1. The molecule has 4 rings (SSSR count). The molecule has 0 saturated carbocycles. The third kappa shape index (κ3) is 6.64. The van der Waals surface area contributed by atoms with E-state index in [1.807, 2.05) is 38.0 Å². The van der Waals surface area contributed by atoms with Crippen LogP contribution in [0, 0.1) is 17.5 Å². The molecular weight excluding hydrogens is 441 g/mol. The smallest absolute Gasteiger partial charge is 0.337 e. The summed E-state index contributed by atoms with van der Waals surface area (Å²) in [5.41, 5.74) is 7.55. The van der Waals surface area contributed by atoms with Crippen molar-refractivity contribution in [1.82, 2.24) is 9.88 Å². The number of hydrogen-bond donors (Lipinski definition) is 1. The lowest BCUT2D eigenvalue weighted by atomic mass is 10.1. The van der Waals surface area contributed by atoms with Crippen molar-refractivity contribution in [3.05, 3.63) is 63.5 Å². The highest BCUT2D eigenvalue weighted by molar-refractivity contribution is 7.11. The quantitative estimate of drug-likeness (QED) is 0.516. The Morgan fingerprint density at radius 2 is 1.81 bits per heavy atom. The maximum atomic E-state index is 12.0. The molecule has 0 spiro atoms. The van der Waals surface area contributed by atoms with Crippen molar-refractivity contribution in [3.63, 3.8) is 0 Å². The number of aromatic nitrogens is 1. The molecule has 10 heteroatoms. The van der Waals surface area contributed by atoms with Gasteiger partial charge in [0.05, 0.1) is 19.2 Å². The summed E-state index contributed by atoms with van der Waals surface area (Å²) in [6.07, 6.45) is 2.42. The fourth-order valence-electron chi connectivity index (χ4n) is 2.90. The fourth-order valence-corrected chi connectivity index (χ4v) is 3.55. The first-order chi connectivity index (χ1) is 15.4. The molecule has 1 aromatic heterocycles. The van der Waals surface area contributed by atoms with Gasteiger partial charge in [-0.15, -0.1) is 11.3 Å². The van der Waals surface area contributed by atoms with Crippen LogP contribution in [0.15, 0.2) is 46.0 Å². The first-order valence-electron chi connectivity index (χ1n) is 10.3. The number of rotatable bonds is 2. The van der Waals surface area contributed by atoms with Gasteiger partial charge in [-0.25, -0.2) is 22.9 Å². The molecule has 176 valence electrons. The lowest BCUT2D eigenvalue weighted by Gasteiger charge is -2.26. The first-order valence-corrected chi connectivity index (χ1v) is 11.2. The lowest BCUT2D eigenvalue weighted by molar-refractivity contribution is -0.136. The summed E-state index contributed by atoms with van der Waals surface area (Å²) in [5.74, 6) is -3.25. The number of fused-ring (bicyclic) bond motifs is 1. The molecule has 3 heterocycles. The number of ether oxygens (including phenoxy) is 1. The first kappa shape index (κ1) is 27.3. The highest BCUT2D eigenvalue weighted by atomic mass is 32.1. The Hall–Kier alpha value is -2.72. The average molecular weight is 471 g/mol. The number of esters is 1. The number of aliphatic imine (C=N–C) groups is 1. The number of halogens is 3. The fraction of sp³-hybridized carbons (Fsp3) is 0.409. The van der Waals surface area contributed by atoms with E-state index in [0.717, 1.165) is 34.7 Å². The second-order valence-corrected chi connectivity index (χ2v) is 6.90. The molecular formula is C22H29F3N4O2S. The van der Waals surface area contributed by atoms with E-state index >= 15 is 0 Å². The van der Waals surface area contributed by atoms with Crippen molar-refractivity contribution < 1.29 is 22.7 Å². The Morgan fingerprint density at radius 3 is 2.31 bits per heavy atom. The predicted octanol–water partition coefficient (Wildman–Crippen LogP) is 4.52. The van der Waals surface area contributed by atoms with Crippen LogP contribution in [-0.4, -0.2) is 47.9 Å². The van der Waals surface area contributed by atoms with Crippen LogP contribution in [0.5, 0.6) is 0 Å². The van der Waals surface area contributed by atoms with Gasteiger partial charge in [0.2, 0.25) is 0 Å². The summed E-state index contributed by atoms with van der Waals surface area (Å²) in [6.45, 7) is 8.99. The number of benzene rings is 1. The SMILES string of the molecule is CC.CC.COC(=O)C1=C2CC(N)CN2C(c2nccs2)=NC1.Fc1cccc(F)c1F. The van der Waals surface area contributed by atoms with Crippen LogP contribution >= 0.6 is 11.3 Å². The largest absolute Gasteiger partial charge is 0.466 e. The average Bonchev–Trinajstić information content (AvgIpc) is 3.49. The Balaban J connectivity index is 0.000000332. The number of amidine groups is 1. The van der Waals surface area contributed by atoms with Gasteiger partial charge in [-0.05, 0) is 12.1 Å². The predicted molar refractivity (Wildman–Crippen MR) is 121 cm³/mol. The Bertz CT molecular complexity index is 913. The van der Waals surface area contributed by atoms with Crippen molar-refractivity contribution >= 4 is 23.1 Å². The summed E-state index contributed by atoms with van der Waals surface area (Å²) >= 11 is 1.53. The minimum Gasteiger partial charge on any atom is -0.466 e. The maximum absolute atomic E-state index is 12.0. The van der Waals surface area contributed by atoms with Gasteiger partial charge < -0.3 is 15.4 Å². The molecule has 1 aromatic carbocycles. The number of nitrogens with zero attached hydrogens (tertiary/aromatic N) is 3. The Kier molecular flexibility index (Phi) is 11.6. The van der Waals surface area contributed by atoms with Crippen molar-refractivity contribution in [2.75, 3.05) is 20.2 Å². The third-order valence-electron chi connectivity index (χ3n) is 4.15. The van der Waals surface area contributed by atoms with Crippen LogP contribution in [0.2, 0.25) is 0 Å². The summed E-state index contributed by atoms with van der Waals surface area (Å²) in [7, 11) is 1.38. The molecule has 2 aliphatic rings. The van der Waals surface area contributed by atoms with E-state index in [2.05, 4.69) is 9.98 Å². The van der Waals surface area contributed by atoms with E-state index in [4.69, 9.17) is 10.5 Å². The van der Waals surface area contributed by atoms with E-state index in [1.165, 1.54) is 18.4 Å². The van der Waals surface area contributed by atoms with Gasteiger partial charge in [-0.2, -0.15) is 0 Å². The molecule has 0 amide bonds. The number of hydrogen-bond acceptors (Lipinski definition) is 7. The number of carbonyl (C=O) groups is 1. The van der Waals surface area contributed by atoms with Crippen LogP contribution in [0.4, 0.5) is 13.2 Å². The molecule has 2 aliphatic heterocycles. The van der Waals surface area contributed by atoms with Gasteiger partial charge in [0.25, 0.3) is 0 Å². The zero-order valence-electron chi connectivity index (χ0n) is 18.9. The van der Waals surface area contributed by atoms with Gasteiger partial charge >= 0.3 is 5.97 Å². The number of carbonyl (C=O) groups excluding carboxylic acids is 1. The summed E-state index contributed by atoms with van der Waals surface area (Å²) in [4.78, 5) is 22.5. The highest BCUT2D eigenvalue weighted by Crippen LogP contribution is 2.30. The normalized spacial score (nSPS) is 16.3. The monoisotopic (exact) mass is 470 g/mol. The van der Waals surface area contributed by atoms with Crippen LogP contribution in [0.3, 0.4) is 0 Å². The maximum Gasteiger partial charge on any atom is 0.337 e. The molecule has 1 atom stereocenters. The third-order valence-corrected chi connectivity index (χ3v) is 4.92. The van der Waals surface area contributed by atoms with E-state index in [9.17, 15) is 18.0 Å². The minimum absolute atomic E-state index is 0.0120. The summed E-state index contributed by atoms with van der Waals surface area (Å²) < 4.78 is 40.7. The Morgan fingerprint density at radius 1 is 1.19 bits per heavy atom. The molecule has 0 aliphatic carbocycles. The van der Waals surface area contributed by atoms with Crippen molar-refractivity contribution in [2.45, 2.75) is 40.2 Å². The van der Waals surface area contributed by atoms with Crippen LogP contribution in [0.25, 0.3) is 0 Å². The molecule has 1 fully saturated rings. The topological polar surface area (TPSA) is 80.8 Å². The van der Waals surface area contributed by atoms with Gasteiger partial charge in [0, 0.05) is 36.3 Å². The molecule has 0 radical (unpaired) electrons. The van der Waals surface area contributed by atoms with E-state index in [-0.39, 0.29) is 12.0 Å². The van der Waals surface area contributed by atoms with E-state index in [1.54, 1.807) is 6.20 Å². The van der Waals surface area contributed by atoms with Crippen LogP contribution in [0.1, 0.15) is 39.1 Å². The van der Waals surface area contributed by atoms with Gasteiger partial charge in [0.15, 0.2) is 28.3 Å². The van der Waals surface area contributed by atoms with Crippen LogP contribution in [-0.2, 0) is 9.53 Å². The molecule has 1 saturated heterocycles.